The number of carbonyl (C=O) groups is 3. The Balaban J connectivity index is 1.24. The first kappa shape index (κ1) is 32.7. The number of piperidine rings is 1. The van der Waals surface area contributed by atoms with Crippen LogP contribution in [0.4, 0.5) is 5.69 Å². The molecule has 5 aliphatic carbocycles. The van der Waals surface area contributed by atoms with Gasteiger partial charge >= 0.3 is 5.97 Å². The number of hydrogen-bond donors (Lipinski definition) is 2. The van der Waals surface area contributed by atoms with Crippen molar-refractivity contribution in [1.82, 2.24) is 4.90 Å². The summed E-state index contributed by atoms with van der Waals surface area (Å²) in [6.45, 7) is 3.24. The van der Waals surface area contributed by atoms with Crippen molar-refractivity contribution in [2.45, 2.75) is 87.1 Å². The zero-order valence-corrected chi connectivity index (χ0v) is 28.4. The van der Waals surface area contributed by atoms with Crippen molar-refractivity contribution in [3.05, 3.63) is 29.8 Å². The standard InChI is InChI=1S/C36H48N2O10/c1-6-37-17-33(18-48-31(41)19-9-7-8-10-22(19)38-25(39)11-12-26(38)40)14-13-24(45-3)35-21-15-20-23(44-2)16-34(42,27(21)28(20)46-4)36(43,32(35)37)30(47-5)29(33)35/h7-10,20-21,23-24,27-30,32,42-43H,6,11-18H2,1-5H3/t20-,21?,23+,24+,27?,28+,29?,30-,32?,33+,34-,35+,36+/m1/s1. The molecule has 7 bridgehead atoms. The average Bonchev–Trinajstić information content (AvgIpc) is 3.66. The average molecular weight is 669 g/mol. The second-order valence-corrected chi connectivity index (χ2v) is 15.4. The van der Waals surface area contributed by atoms with E-state index in [-0.39, 0.29) is 90.9 Å². The number of rotatable bonds is 9. The van der Waals surface area contributed by atoms with E-state index in [2.05, 4.69) is 11.8 Å². The molecule has 2 saturated heterocycles. The first-order chi connectivity index (χ1) is 23.0. The normalized spacial score (nSPS) is 47.1. The minimum absolute atomic E-state index is 0.0394. The molecule has 48 heavy (non-hydrogen) atoms. The molecular weight excluding hydrogens is 620 g/mol. The fourth-order valence-corrected chi connectivity index (χ4v) is 13.0. The van der Waals surface area contributed by atoms with Crippen LogP contribution in [-0.2, 0) is 33.3 Å². The van der Waals surface area contributed by atoms with Crippen molar-refractivity contribution >= 4 is 23.5 Å². The van der Waals surface area contributed by atoms with Gasteiger partial charge in [0.2, 0.25) is 11.8 Å². The number of para-hydroxylation sites is 1. The van der Waals surface area contributed by atoms with E-state index in [1.165, 1.54) is 0 Å². The topological polar surface area (TPSA) is 144 Å². The third-order valence-electron chi connectivity index (χ3n) is 14.2. The molecule has 13 atom stereocenters. The van der Waals surface area contributed by atoms with Crippen LogP contribution in [0.2, 0.25) is 0 Å². The van der Waals surface area contributed by atoms with E-state index in [1.54, 1.807) is 52.7 Å². The fraction of sp³-hybridized carbons (Fsp3) is 0.750. The third-order valence-corrected chi connectivity index (χ3v) is 14.2. The number of hydrogen-bond acceptors (Lipinski definition) is 11. The highest BCUT2D eigenvalue weighted by molar-refractivity contribution is 6.21. The largest absolute Gasteiger partial charge is 0.461 e. The van der Waals surface area contributed by atoms with Gasteiger partial charge in [-0.3, -0.25) is 14.5 Å². The number of esters is 1. The molecule has 4 unspecified atom stereocenters. The number of fused-ring (bicyclic) bond motifs is 2. The van der Waals surface area contributed by atoms with Crippen LogP contribution in [0.25, 0.3) is 0 Å². The van der Waals surface area contributed by atoms with E-state index in [9.17, 15) is 24.6 Å². The molecule has 5 saturated carbocycles. The maximum absolute atomic E-state index is 14.0. The Morgan fingerprint density at radius 2 is 1.73 bits per heavy atom. The van der Waals surface area contributed by atoms with Gasteiger partial charge in [-0.05, 0) is 43.9 Å². The summed E-state index contributed by atoms with van der Waals surface area (Å²) in [5.74, 6) is -2.00. The summed E-state index contributed by atoms with van der Waals surface area (Å²) in [4.78, 5) is 42.6. The Kier molecular flexibility index (Phi) is 7.52. The van der Waals surface area contributed by atoms with Crippen LogP contribution in [0.15, 0.2) is 24.3 Å². The number of carbonyl (C=O) groups excluding carboxylic acids is 3. The number of nitrogens with zero attached hydrogens (tertiary/aromatic N) is 2. The molecule has 2 N–H and O–H groups in total. The number of imide groups is 1. The maximum Gasteiger partial charge on any atom is 0.340 e. The van der Waals surface area contributed by atoms with Crippen molar-refractivity contribution in [2.75, 3.05) is 53.0 Å². The van der Waals surface area contributed by atoms with Gasteiger partial charge in [-0.1, -0.05) is 19.1 Å². The quantitative estimate of drug-likeness (QED) is 0.294. The van der Waals surface area contributed by atoms with Crippen molar-refractivity contribution in [1.29, 1.82) is 0 Å². The molecule has 7 fully saturated rings. The lowest BCUT2D eigenvalue weighted by Crippen LogP contribution is -2.82. The minimum atomic E-state index is -1.69. The summed E-state index contributed by atoms with van der Waals surface area (Å²) in [5.41, 5.74) is -4.15. The van der Waals surface area contributed by atoms with Gasteiger partial charge in [-0.25, -0.2) is 9.69 Å². The van der Waals surface area contributed by atoms with Gasteiger partial charge in [0.1, 0.15) is 11.2 Å². The second-order valence-electron chi connectivity index (χ2n) is 15.4. The van der Waals surface area contributed by atoms with Gasteiger partial charge in [0.25, 0.3) is 0 Å². The van der Waals surface area contributed by atoms with E-state index < -0.39 is 40.1 Å². The molecule has 0 aromatic heterocycles. The molecule has 12 nitrogen and oxygen atoms in total. The summed E-state index contributed by atoms with van der Waals surface area (Å²) in [6, 6.07) is 6.11. The first-order valence-corrected chi connectivity index (χ1v) is 17.5. The van der Waals surface area contributed by atoms with Crippen LogP contribution >= 0.6 is 0 Å². The zero-order chi connectivity index (χ0) is 34.0. The highest BCUT2D eigenvalue weighted by atomic mass is 16.5. The Morgan fingerprint density at radius 3 is 2.38 bits per heavy atom. The first-order valence-electron chi connectivity index (χ1n) is 17.5. The summed E-state index contributed by atoms with van der Waals surface area (Å²) in [7, 11) is 6.70. The maximum atomic E-state index is 14.0. The predicted octanol–water partition coefficient (Wildman–Crippen LogP) is 1.79. The molecule has 2 heterocycles. The Labute approximate surface area is 280 Å². The monoisotopic (exact) mass is 668 g/mol. The van der Waals surface area contributed by atoms with Crippen molar-refractivity contribution in [2.24, 2.45) is 34.5 Å². The van der Waals surface area contributed by atoms with Gasteiger partial charge < -0.3 is 33.9 Å². The van der Waals surface area contributed by atoms with Gasteiger partial charge in [0.15, 0.2) is 0 Å². The highest BCUT2D eigenvalue weighted by Crippen LogP contribution is 2.80. The number of likely N-dealkylation sites (tertiary alicyclic amines) is 1. The molecule has 8 rings (SSSR count). The van der Waals surface area contributed by atoms with Crippen LogP contribution < -0.4 is 4.90 Å². The molecular formula is C36H48N2O10. The Morgan fingerprint density at radius 1 is 1.00 bits per heavy atom. The third kappa shape index (κ3) is 3.67. The second kappa shape index (κ2) is 11.0. The lowest BCUT2D eigenvalue weighted by atomic mass is 9.42. The SMILES string of the molecule is CCN1C[C@]2(COC(=O)c3ccccc3N3C(=O)CCC3=O)CC[C@H](OC)[C@]34C5C[C@@H]6[C@@H](OC)C[C@@](O)(C5[C@H]6OC)[C@@](O)(C13)[C@H](OC)C24. The number of methoxy groups -OCH3 is 4. The van der Waals surface area contributed by atoms with E-state index in [0.29, 0.717) is 25.9 Å². The minimum Gasteiger partial charge on any atom is -0.461 e. The van der Waals surface area contributed by atoms with E-state index in [4.69, 9.17) is 23.7 Å². The number of amides is 2. The van der Waals surface area contributed by atoms with Gasteiger partial charge in [0.05, 0.1) is 48.3 Å². The molecule has 12 heteroatoms. The van der Waals surface area contributed by atoms with Crippen LogP contribution in [0.1, 0.15) is 55.8 Å². The molecule has 0 radical (unpaired) electrons. The summed E-state index contributed by atoms with van der Waals surface area (Å²) >= 11 is 0. The number of likely N-dealkylation sites (N-methyl/N-ethyl adjacent to an activating group) is 1. The molecule has 2 amide bonds. The molecule has 1 aromatic rings. The number of anilines is 1. The lowest BCUT2D eigenvalue weighted by molar-refractivity contribution is -0.320. The zero-order valence-electron chi connectivity index (χ0n) is 28.4. The number of ether oxygens (including phenoxy) is 5. The van der Waals surface area contributed by atoms with Crippen LogP contribution in [0.3, 0.4) is 0 Å². The van der Waals surface area contributed by atoms with Gasteiger partial charge in [-0.15, -0.1) is 0 Å². The Hall–Kier alpha value is -2.45. The highest BCUT2D eigenvalue weighted by Gasteiger charge is 2.91. The van der Waals surface area contributed by atoms with E-state index in [0.717, 1.165) is 11.3 Å². The van der Waals surface area contributed by atoms with Gasteiger partial charge in [-0.2, -0.15) is 0 Å². The molecule has 7 aliphatic rings. The van der Waals surface area contributed by atoms with E-state index >= 15 is 0 Å². The smallest absolute Gasteiger partial charge is 0.340 e. The van der Waals surface area contributed by atoms with Crippen LogP contribution in [-0.4, -0.2) is 123 Å². The molecule has 2 aliphatic heterocycles. The Bertz CT molecular complexity index is 1510. The summed E-state index contributed by atoms with van der Waals surface area (Å²) in [5, 5.41) is 26.5. The summed E-state index contributed by atoms with van der Waals surface area (Å²) in [6.07, 6.45) is 0.951. The fourth-order valence-electron chi connectivity index (χ4n) is 13.0. The van der Waals surface area contributed by atoms with Crippen molar-refractivity contribution < 1.29 is 48.3 Å². The molecule has 1 aromatic carbocycles. The van der Waals surface area contributed by atoms with Crippen molar-refractivity contribution in [3.8, 4) is 0 Å². The molecule has 262 valence electrons. The predicted molar refractivity (Wildman–Crippen MR) is 170 cm³/mol. The van der Waals surface area contributed by atoms with E-state index in [1.807, 2.05) is 0 Å². The molecule has 1 spiro atoms. The van der Waals surface area contributed by atoms with Crippen LogP contribution in [0.5, 0.6) is 0 Å². The summed E-state index contributed by atoms with van der Waals surface area (Å²) < 4.78 is 31.3. The number of aliphatic hydroxyl groups is 2. The number of benzene rings is 1. The van der Waals surface area contributed by atoms with Crippen LogP contribution in [0, 0.1) is 34.5 Å². The lowest BCUT2D eigenvalue weighted by Gasteiger charge is -2.70. The van der Waals surface area contributed by atoms with Crippen molar-refractivity contribution in [3.63, 3.8) is 0 Å². The van der Waals surface area contributed by atoms with Gasteiger partial charge in [0, 0.05) is 82.8 Å².